The number of hydrogen-bond donors (Lipinski definition) is 1. The minimum Gasteiger partial charge on any atom is -0.313 e. The number of rotatable bonds is 7. The maximum atomic E-state index is 4.61. The molecular formula is C18H27N3. The van der Waals surface area contributed by atoms with Gasteiger partial charge in [0, 0.05) is 17.8 Å². The predicted octanol–water partition coefficient (Wildman–Crippen LogP) is 3.86. The van der Waals surface area contributed by atoms with Gasteiger partial charge in [0.25, 0.3) is 0 Å². The van der Waals surface area contributed by atoms with Crippen LogP contribution >= 0.6 is 0 Å². The number of aryl methyl sites for hydroxylation is 1. The summed E-state index contributed by atoms with van der Waals surface area (Å²) in [5, 5.41) is 8.09. The first-order valence-corrected chi connectivity index (χ1v) is 7.92. The molecule has 0 saturated carbocycles. The number of nitrogens with one attached hydrogen (secondary N) is 1. The lowest BCUT2D eigenvalue weighted by atomic mass is 10.1. The highest BCUT2D eigenvalue weighted by Gasteiger charge is 2.14. The first-order valence-electron chi connectivity index (χ1n) is 7.92. The van der Waals surface area contributed by atoms with Gasteiger partial charge in [0.2, 0.25) is 0 Å². The second kappa shape index (κ2) is 7.41. The molecule has 0 aliphatic carbocycles. The molecule has 2 aromatic rings. The number of benzene rings is 1. The molecule has 0 bridgehead atoms. The van der Waals surface area contributed by atoms with E-state index in [1.54, 1.807) is 0 Å². The topological polar surface area (TPSA) is 29.9 Å². The summed E-state index contributed by atoms with van der Waals surface area (Å²) in [6.45, 7) is 11.6. The fourth-order valence-electron chi connectivity index (χ4n) is 2.63. The Balaban J connectivity index is 2.16. The van der Waals surface area contributed by atoms with Gasteiger partial charge in [-0.15, -0.1) is 0 Å². The van der Waals surface area contributed by atoms with E-state index in [1.165, 1.54) is 22.4 Å². The average Bonchev–Trinajstić information content (AvgIpc) is 2.85. The standard InChI is InChI=1S/C18H27N3/c1-5-10-19-11-17-12-20-21(18(17)14(2)3)13-16-8-6-15(4)7-9-16/h6-9,12,14,19H,5,10-11,13H2,1-4H3. The van der Waals surface area contributed by atoms with Crippen molar-refractivity contribution in [3.63, 3.8) is 0 Å². The lowest BCUT2D eigenvalue weighted by Gasteiger charge is -2.13. The van der Waals surface area contributed by atoms with Crippen molar-refractivity contribution in [3.8, 4) is 0 Å². The van der Waals surface area contributed by atoms with Crippen LogP contribution < -0.4 is 5.32 Å². The maximum Gasteiger partial charge on any atom is 0.0662 e. The molecule has 0 aliphatic heterocycles. The lowest BCUT2D eigenvalue weighted by molar-refractivity contribution is 0.605. The quantitative estimate of drug-likeness (QED) is 0.783. The number of hydrogen-bond acceptors (Lipinski definition) is 2. The Bertz CT molecular complexity index is 552. The third-order valence-electron chi connectivity index (χ3n) is 3.70. The zero-order valence-electron chi connectivity index (χ0n) is 13.7. The molecule has 0 unspecified atom stereocenters. The van der Waals surface area contributed by atoms with E-state index in [1.807, 2.05) is 6.20 Å². The molecule has 1 aromatic carbocycles. The predicted molar refractivity (Wildman–Crippen MR) is 88.6 cm³/mol. The highest BCUT2D eigenvalue weighted by molar-refractivity contribution is 5.25. The molecule has 1 heterocycles. The molecule has 0 spiro atoms. The van der Waals surface area contributed by atoms with Crippen molar-refractivity contribution in [2.75, 3.05) is 6.54 Å². The van der Waals surface area contributed by atoms with Crippen LogP contribution in [0.1, 0.15) is 55.5 Å². The van der Waals surface area contributed by atoms with Crippen LogP contribution in [0, 0.1) is 6.92 Å². The molecule has 114 valence electrons. The van der Waals surface area contributed by atoms with Gasteiger partial charge in [0.05, 0.1) is 12.7 Å². The van der Waals surface area contributed by atoms with Crippen LogP contribution in [0.4, 0.5) is 0 Å². The van der Waals surface area contributed by atoms with Gasteiger partial charge in [-0.1, -0.05) is 50.6 Å². The highest BCUT2D eigenvalue weighted by atomic mass is 15.3. The van der Waals surface area contributed by atoms with Crippen molar-refractivity contribution in [1.82, 2.24) is 15.1 Å². The van der Waals surface area contributed by atoms with E-state index in [-0.39, 0.29) is 0 Å². The number of nitrogens with zero attached hydrogens (tertiary/aromatic N) is 2. The van der Waals surface area contributed by atoms with Gasteiger partial charge in [0.15, 0.2) is 0 Å². The zero-order valence-corrected chi connectivity index (χ0v) is 13.7. The number of aromatic nitrogens is 2. The molecule has 0 atom stereocenters. The van der Waals surface area contributed by atoms with Crippen LogP contribution in [0.3, 0.4) is 0 Å². The minimum atomic E-state index is 0.483. The van der Waals surface area contributed by atoms with Gasteiger partial charge in [-0.2, -0.15) is 5.10 Å². The molecule has 1 N–H and O–H groups in total. The van der Waals surface area contributed by atoms with Crippen molar-refractivity contribution < 1.29 is 0 Å². The summed E-state index contributed by atoms with van der Waals surface area (Å²) in [5.74, 6) is 0.483. The summed E-state index contributed by atoms with van der Waals surface area (Å²) >= 11 is 0. The summed E-state index contributed by atoms with van der Waals surface area (Å²) in [6.07, 6.45) is 3.18. The molecule has 0 fully saturated rings. The molecule has 2 rings (SSSR count). The summed E-state index contributed by atoms with van der Waals surface area (Å²) < 4.78 is 2.15. The Labute approximate surface area is 128 Å². The smallest absolute Gasteiger partial charge is 0.0662 e. The van der Waals surface area contributed by atoms with Crippen molar-refractivity contribution in [2.24, 2.45) is 0 Å². The van der Waals surface area contributed by atoms with Crippen LogP contribution in [0.5, 0.6) is 0 Å². The summed E-state index contributed by atoms with van der Waals surface area (Å²) in [6, 6.07) is 8.71. The van der Waals surface area contributed by atoms with E-state index in [0.717, 1.165) is 26.1 Å². The summed E-state index contributed by atoms with van der Waals surface area (Å²) in [5.41, 5.74) is 5.27. The largest absolute Gasteiger partial charge is 0.313 e. The van der Waals surface area contributed by atoms with E-state index >= 15 is 0 Å². The third-order valence-corrected chi connectivity index (χ3v) is 3.70. The Kier molecular flexibility index (Phi) is 5.57. The molecule has 0 radical (unpaired) electrons. The van der Waals surface area contributed by atoms with E-state index < -0.39 is 0 Å². The Morgan fingerprint density at radius 1 is 1.19 bits per heavy atom. The average molecular weight is 285 g/mol. The molecule has 0 amide bonds. The third kappa shape index (κ3) is 4.18. The summed E-state index contributed by atoms with van der Waals surface area (Å²) in [4.78, 5) is 0. The van der Waals surface area contributed by atoms with Crippen molar-refractivity contribution in [2.45, 2.75) is 53.1 Å². The van der Waals surface area contributed by atoms with Crippen LogP contribution in [0.25, 0.3) is 0 Å². The van der Waals surface area contributed by atoms with Crippen LogP contribution in [0.2, 0.25) is 0 Å². The molecule has 0 saturated heterocycles. The second-order valence-corrected chi connectivity index (χ2v) is 6.03. The van der Waals surface area contributed by atoms with E-state index in [0.29, 0.717) is 5.92 Å². The van der Waals surface area contributed by atoms with Gasteiger partial charge in [-0.3, -0.25) is 4.68 Å². The van der Waals surface area contributed by atoms with E-state index in [9.17, 15) is 0 Å². The lowest BCUT2D eigenvalue weighted by Crippen LogP contribution is -2.16. The SMILES string of the molecule is CCCNCc1cnn(Cc2ccc(C)cc2)c1C(C)C. The van der Waals surface area contributed by atoms with Crippen LogP contribution in [-0.2, 0) is 13.1 Å². The summed E-state index contributed by atoms with van der Waals surface area (Å²) in [7, 11) is 0. The van der Waals surface area contributed by atoms with Crippen molar-refractivity contribution in [3.05, 3.63) is 52.8 Å². The van der Waals surface area contributed by atoms with Crippen LogP contribution in [0.15, 0.2) is 30.5 Å². The molecule has 3 heteroatoms. The monoisotopic (exact) mass is 285 g/mol. The minimum absolute atomic E-state index is 0.483. The zero-order chi connectivity index (χ0) is 15.2. The first-order chi connectivity index (χ1) is 10.1. The molecule has 1 aromatic heterocycles. The van der Waals surface area contributed by atoms with E-state index in [4.69, 9.17) is 0 Å². The first kappa shape index (κ1) is 15.8. The maximum absolute atomic E-state index is 4.61. The van der Waals surface area contributed by atoms with Crippen molar-refractivity contribution >= 4 is 0 Å². The van der Waals surface area contributed by atoms with Crippen molar-refractivity contribution in [1.29, 1.82) is 0 Å². The fourth-order valence-corrected chi connectivity index (χ4v) is 2.63. The molecule has 21 heavy (non-hydrogen) atoms. The van der Waals surface area contributed by atoms with Gasteiger partial charge < -0.3 is 5.32 Å². The van der Waals surface area contributed by atoms with Gasteiger partial charge >= 0.3 is 0 Å². The van der Waals surface area contributed by atoms with Gasteiger partial charge in [0.1, 0.15) is 0 Å². The molecule has 0 aliphatic rings. The van der Waals surface area contributed by atoms with Gasteiger partial charge in [-0.05, 0) is 31.4 Å². The fraction of sp³-hybridized carbons (Fsp3) is 0.500. The normalized spacial score (nSPS) is 11.3. The van der Waals surface area contributed by atoms with E-state index in [2.05, 4.69) is 67.1 Å². The second-order valence-electron chi connectivity index (χ2n) is 6.03. The highest BCUT2D eigenvalue weighted by Crippen LogP contribution is 2.20. The Morgan fingerprint density at radius 2 is 1.90 bits per heavy atom. The Hall–Kier alpha value is -1.61. The van der Waals surface area contributed by atoms with Gasteiger partial charge in [-0.25, -0.2) is 0 Å². The molecule has 3 nitrogen and oxygen atoms in total. The molecular weight excluding hydrogens is 258 g/mol. The Morgan fingerprint density at radius 3 is 2.52 bits per heavy atom. The van der Waals surface area contributed by atoms with Crippen LogP contribution in [-0.4, -0.2) is 16.3 Å².